The third-order valence-corrected chi connectivity index (χ3v) is 4.28. The van der Waals surface area contributed by atoms with Gasteiger partial charge in [-0.25, -0.2) is 4.79 Å². The van der Waals surface area contributed by atoms with Gasteiger partial charge in [-0.3, -0.25) is 0 Å². The third-order valence-electron chi connectivity index (χ3n) is 4.28. The maximum Gasteiger partial charge on any atom is 0.339 e. The minimum atomic E-state index is -0.447. The summed E-state index contributed by atoms with van der Waals surface area (Å²) in [7, 11) is 0. The molecule has 1 aromatic rings. The first kappa shape index (κ1) is 12.7. The zero-order valence-electron chi connectivity index (χ0n) is 11.3. The average Bonchev–Trinajstić information content (AvgIpc) is 3.01. The van der Waals surface area contributed by atoms with Crippen molar-refractivity contribution in [2.45, 2.75) is 56.8 Å². The maximum atomic E-state index is 12.2. The van der Waals surface area contributed by atoms with Crippen molar-refractivity contribution in [3.63, 3.8) is 0 Å². The van der Waals surface area contributed by atoms with E-state index in [0.717, 1.165) is 24.8 Å². The first-order valence-electron chi connectivity index (χ1n) is 7.20. The molecule has 0 radical (unpaired) electrons. The molecule has 1 saturated carbocycles. The van der Waals surface area contributed by atoms with Crippen molar-refractivity contribution in [1.82, 2.24) is 0 Å². The molecule has 2 atom stereocenters. The molecule has 3 heteroatoms. The Balaban J connectivity index is 1.68. The van der Waals surface area contributed by atoms with E-state index in [9.17, 15) is 4.79 Å². The van der Waals surface area contributed by atoms with E-state index in [1.807, 2.05) is 30.3 Å². The number of rotatable bonds is 4. The van der Waals surface area contributed by atoms with Gasteiger partial charge in [0.2, 0.25) is 0 Å². The van der Waals surface area contributed by atoms with Gasteiger partial charge in [-0.15, -0.1) is 0 Å². The number of esters is 1. The number of carbonyl (C=O) groups is 1. The van der Waals surface area contributed by atoms with Gasteiger partial charge < -0.3 is 9.47 Å². The summed E-state index contributed by atoms with van der Waals surface area (Å²) < 4.78 is 11.3. The summed E-state index contributed by atoms with van der Waals surface area (Å²) in [5.74, 6) is -0.183. The monoisotopic (exact) mass is 260 g/mol. The van der Waals surface area contributed by atoms with E-state index in [0.29, 0.717) is 0 Å². The van der Waals surface area contributed by atoms with E-state index < -0.39 is 11.7 Å². The highest BCUT2D eigenvalue weighted by Crippen LogP contribution is 2.49. The van der Waals surface area contributed by atoms with Crippen molar-refractivity contribution in [3.8, 4) is 0 Å². The van der Waals surface area contributed by atoms with Crippen LogP contribution in [0.2, 0.25) is 0 Å². The second kappa shape index (κ2) is 4.97. The van der Waals surface area contributed by atoms with E-state index >= 15 is 0 Å². The summed E-state index contributed by atoms with van der Waals surface area (Å²) in [5, 5.41) is 0. The van der Waals surface area contributed by atoms with E-state index in [2.05, 4.69) is 6.92 Å². The van der Waals surface area contributed by atoms with Gasteiger partial charge in [-0.05, 0) is 37.7 Å². The van der Waals surface area contributed by atoms with Crippen LogP contribution in [0.25, 0.3) is 0 Å². The van der Waals surface area contributed by atoms with E-state index in [-0.39, 0.29) is 12.1 Å². The van der Waals surface area contributed by atoms with Gasteiger partial charge in [0.15, 0.2) is 6.10 Å². The highest BCUT2D eigenvalue weighted by atomic mass is 16.7. The molecule has 1 heterocycles. The Bertz CT molecular complexity index is 450. The third kappa shape index (κ3) is 2.27. The van der Waals surface area contributed by atoms with Crippen LogP contribution in [0, 0.1) is 0 Å². The topological polar surface area (TPSA) is 38.8 Å². The standard InChI is InChI=1S/C16H20O3/c1-2-16(12-8-4-3-5-9-12)14(19-16)15(17)18-13-10-6-7-11-13/h3-5,8-9,13-14H,2,6-7,10-11H2,1H3. The number of hydrogen-bond donors (Lipinski definition) is 0. The van der Waals surface area contributed by atoms with Gasteiger partial charge in [-0.1, -0.05) is 37.3 Å². The molecule has 3 rings (SSSR count). The molecule has 0 aromatic heterocycles. The molecule has 1 aromatic carbocycles. The highest BCUT2D eigenvalue weighted by molar-refractivity contribution is 5.80. The van der Waals surface area contributed by atoms with Gasteiger partial charge in [-0.2, -0.15) is 0 Å². The summed E-state index contributed by atoms with van der Waals surface area (Å²) in [4.78, 5) is 12.2. The van der Waals surface area contributed by atoms with Gasteiger partial charge in [0.25, 0.3) is 0 Å². The SMILES string of the molecule is CCC1(c2ccccc2)OC1C(=O)OC1CCCC1. The van der Waals surface area contributed by atoms with E-state index in [1.54, 1.807) is 0 Å². The molecule has 0 amide bonds. The molecule has 3 nitrogen and oxygen atoms in total. The van der Waals surface area contributed by atoms with Crippen LogP contribution in [0.5, 0.6) is 0 Å². The van der Waals surface area contributed by atoms with Crippen LogP contribution < -0.4 is 0 Å². The van der Waals surface area contributed by atoms with Crippen molar-refractivity contribution in [2.24, 2.45) is 0 Å². The summed E-state index contributed by atoms with van der Waals surface area (Å²) in [5.41, 5.74) is 0.627. The molecule has 2 aliphatic rings. The molecule has 0 N–H and O–H groups in total. The number of benzene rings is 1. The van der Waals surface area contributed by atoms with Gasteiger partial charge in [0.05, 0.1) is 0 Å². The van der Waals surface area contributed by atoms with Crippen molar-refractivity contribution in [3.05, 3.63) is 35.9 Å². The van der Waals surface area contributed by atoms with Gasteiger partial charge in [0, 0.05) is 0 Å². The Kier molecular flexibility index (Phi) is 3.31. The molecule has 19 heavy (non-hydrogen) atoms. The fraction of sp³-hybridized carbons (Fsp3) is 0.562. The van der Waals surface area contributed by atoms with Crippen LogP contribution in [-0.2, 0) is 19.9 Å². The summed E-state index contributed by atoms with van der Waals surface area (Å²) >= 11 is 0. The Hall–Kier alpha value is -1.35. The smallest absolute Gasteiger partial charge is 0.339 e. The largest absolute Gasteiger partial charge is 0.460 e. The predicted molar refractivity (Wildman–Crippen MR) is 71.6 cm³/mol. The quantitative estimate of drug-likeness (QED) is 0.616. The van der Waals surface area contributed by atoms with Gasteiger partial charge >= 0.3 is 5.97 Å². The molecule has 1 aliphatic heterocycles. The van der Waals surface area contributed by atoms with Crippen LogP contribution in [0.3, 0.4) is 0 Å². The molecule has 0 spiro atoms. The normalized spacial score (nSPS) is 30.3. The molecule has 1 saturated heterocycles. The number of ether oxygens (including phenoxy) is 2. The number of carbonyl (C=O) groups excluding carboxylic acids is 1. The molecule has 2 fully saturated rings. The highest BCUT2D eigenvalue weighted by Gasteiger charge is 2.61. The lowest BCUT2D eigenvalue weighted by molar-refractivity contribution is -0.150. The lowest BCUT2D eigenvalue weighted by Crippen LogP contribution is -2.24. The Morgan fingerprint density at radius 3 is 2.63 bits per heavy atom. The Morgan fingerprint density at radius 2 is 2.00 bits per heavy atom. The second-order valence-electron chi connectivity index (χ2n) is 5.45. The van der Waals surface area contributed by atoms with Crippen molar-refractivity contribution in [2.75, 3.05) is 0 Å². The molecular weight excluding hydrogens is 240 g/mol. The number of epoxide rings is 1. The zero-order valence-corrected chi connectivity index (χ0v) is 11.3. The van der Waals surface area contributed by atoms with Gasteiger partial charge in [0.1, 0.15) is 11.7 Å². The Labute approximate surface area is 113 Å². The molecule has 1 aliphatic carbocycles. The van der Waals surface area contributed by atoms with Crippen LogP contribution in [0.4, 0.5) is 0 Å². The van der Waals surface area contributed by atoms with Crippen LogP contribution >= 0.6 is 0 Å². The van der Waals surface area contributed by atoms with Crippen molar-refractivity contribution < 1.29 is 14.3 Å². The molecule has 0 bridgehead atoms. The minimum absolute atomic E-state index is 0.113. The van der Waals surface area contributed by atoms with Crippen LogP contribution in [-0.4, -0.2) is 18.2 Å². The molecule has 2 unspecified atom stereocenters. The first-order valence-corrected chi connectivity index (χ1v) is 7.20. The minimum Gasteiger partial charge on any atom is -0.460 e. The Morgan fingerprint density at radius 1 is 1.32 bits per heavy atom. The summed E-state index contributed by atoms with van der Waals surface area (Å²) in [6.45, 7) is 2.05. The van der Waals surface area contributed by atoms with Crippen molar-refractivity contribution in [1.29, 1.82) is 0 Å². The van der Waals surface area contributed by atoms with E-state index in [4.69, 9.17) is 9.47 Å². The van der Waals surface area contributed by atoms with Crippen molar-refractivity contribution >= 4 is 5.97 Å². The maximum absolute atomic E-state index is 12.2. The van der Waals surface area contributed by atoms with Crippen LogP contribution in [0.1, 0.15) is 44.6 Å². The second-order valence-corrected chi connectivity index (χ2v) is 5.45. The fourth-order valence-corrected chi connectivity index (χ4v) is 3.06. The van der Waals surface area contributed by atoms with E-state index in [1.165, 1.54) is 12.8 Å². The lowest BCUT2D eigenvalue weighted by atomic mass is 9.93. The fourth-order valence-electron chi connectivity index (χ4n) is 3.06. The summed E-state index contributed by atoms with van der Waals surface area (Å²) in [6.07, 6.45) is 4.83. The molecule has 102 valence electrons. The summed E-state index contributed by atoms with van der Waals surface area (Å²) in [6, 6.07) is 9.97. The van der Waals surface area contributed by atoms with Crippen LogP contribution in [0.15, 0.2) is 30.3 Å². The zero-order chi connectivity index (χ0) is 13.3. The molecular formula is C16H20O3. The predicted octanol–water partition coefficient (Wildman–Crippen LogP) is 3.18. The first-order chi connectivity index (χ1) is 9.26. The lowest BCUT2D eigenvalue weighted by Gasteiger charge is -2.13. The average molecular weight is 260 g/mol. The number of hydrogen-bond acceptors (Lipinski definition) is 3.